The highest BCUT2D eigenvalue weighted by atomic mass is 32.2. The molecule has 0 bridgehead atoms. The van der Waals surface area contributed by atoms with Gasteiger partial charge in [-0.1, -0.05) is 18.2 Å². The van der Waals surface area contributed by atoms with E-state index in [1.165, 1.54) is 0 Å². The lowest BCUT2D eigenvalue weighted by Crippen LogP contribution is -2.58. The Morgan fingerprint density at radius 3 is 2.55 bits per heavy atom. The first-order valence-electron chi connectivity index (χ1n) is 9.45. The highest BCUT2D eigenvalue weighted by Gasteiger charge is 2.36. The Hall–Kier alpha value is -2.78. The second-order valence-corrected chi connectivity index (χ2v) is 8.86. The lowest BCUT2D eigenvalue weighted by molar-refractivity contribution is -0.132. The Kier molecular flexibility index (Phi) is 5.10. The minimum atomic E-state index is -3.74. The van der Waals surface area contributed by atoms with Crippen LogP contribution in [0.25, 0.3) is 0 Å². The zero-order chi connectivity index (χ0) is 20.6. The number of sulfonamides is 1. The number of carbonyl (C=O) groups is 1. The van der Waals surface area contributed by atoms with Crippen LogP contribution >= 0.6 is 0 Å². The van der Waals surface area contributed by atoms with Gasteiger partial charge in [0.1, 0.15) is 10.6 Å². The summed E-state index contributed by atoms with van der Waals surface area (Å²) in [4.78, 5) is 17.0. The summed E-state index contributed by atoms with van der Waals surface area (Å²) in [6.45, 7) is 4.15. The van der Waals surface area contributed by atoms with Crippen LogP contribution in [-0.2, 0) is 14.8 Å². The maximum Gasteiger partial charge on any atom is 0.261 e. The molecule has 2 aliphatic rings. The summed E-state index contributed by atoms with van der Waals surface area (Å²) in [5, 5.41) is 3.04. The van der Waals surface area contributed by atoms with Crippen LogP contribution in [0.2, 0.25) is 0 Å². The van der Waals surface area contributed by atoms with E-state index in [2.05, 4.69) is 14.9 Å². The van der Waals surface area contributed by atoms with Crippen LogP contribution < -0.4 is 19.7 Å². The molecule has 2 aromatic rings. The first-order valence-corrected chi connectivity index (χ1v) is 10.9. The van der Waals surface area contributed by atoms with Crippen LogP contribution in [0.5, 0.6) is 5.75 Å². The van der Waals surface area contributed by atoms with Crippen LogP contribution in [0.4, 0.5) is 11.4 Å². The van der Waals surface area contributed by atoms with Gasteiger partial charge in [0.25, 0.3) is 5.91 Å². The summed E-state index contributed by atoms with van der Waals surface area (Å²) in [6.07, 6.45) is -1.01. The van der Waals surface area contributed by atoms with E-state index in [9.17, 15) is 13.2 Å². The highest BCUT2D eigenvalue weighted by Crippen LogP contribution is 2.29. The van der Waals surface area contributed by atoms with E-state index >= 15 is 0 Å². The molecular formula is C20H24N4O4S. The molecule has 2 aromatic carbocycles. The molecule has 2 aliphatic heterocycles. The second-order valence-electron chi connectivity index (χ2n) is 7.18. The standard InChI is InChI=1S/C20H24N4O4S/c1-14-7-8-18-15(13-14)21-19(22-29(18,26)27)20(25)24-11-9-23(10-12-24)16-5-3-4-6-17(16)28-2/h3-8,13,19,21-22H,9-12H2,1-2H3. The first kappa shape index (κ1) is 19.5. The largest absolute Gasteiger partial charge is 0.495 e. The summed E-state index contributed by atoms with van der Waals surface area (Å²) < 4.78 is 33.0. The van der Waals surface area contributed by atoms with E-state index in [1.807, 2.05) is 31.2 Å². The number of hydrogen-bond donors (Lipinski definition) is 2. The molecule has 0 saturated carbocycles. The summed E-state index contributed by atoms with van der Waals surface area (Å²) in [6, 6.07) is 12.8. The number of nitrogens with one attached hydrogen (secondary N) is 2. The van der Waals surface area contributed by atoms with Crippen molar-refractivity contribution in [3.63, 3.8) is 0 Å². The number of hydrogen-bond acceptors (Lipinski definition) is 6. The Morgan fingerprint density at radius 1 is 1.10 bits per heavy atom. The number of benzene rings is 2. The molecule has 2 heterocycles. The molecule has 1 amide bonds. The minimum Gasteiger partial charge on any atom is -0.495 e. The number of aryl methyl sites for hydroxylation is 1. The molecule has 2 N–H and O–H groups in total. The minimum absolute atomic E-state index is 0.160. The molecule has 1 fully saturated rings. The predicted molar refractivity (Wildman–Crippen MR) is 111 cm³/mol. The Balaban J connectivity index is 1.46. The molecular weight excluding hydrogens is 392 g/mol. The van der Waals surface area contributed by atoms with E-state index in [1.54, 1.807) is 30.2 Å². The van der Waals surface area contributed by atoms with Gasteiger partial charge in [0.2, 0.25) is 10.0 Å². The fourth-order valence-electron chi connectivity index (χ4n) is 3.75. The number of piperazine rings is 1. The van der Waals surface area contributed by atoms with Gasteiger partial charge in [-0.25, -0.2) is 8.42 Å². The molecule has 9 heteroatoms. The Bertz CT molecular complexity index is 1030. The number of rotatable bonds is 3. The van der Waals surface area contributed by atoms with Gasteiger partial charge in [0.15, 0.2) is 6.17 Å². The van der Waals surface area contributed by atoms with Gasteiger partial charge in [0, 0.05) is 26.2 Å². The van der Waals surface area contributed by atoms with E-state index in [4.69, 9.17) is 4.74 Å². The summed E-state index contributed by atoms with van der Waals surface area (Å²) in [7, 11) is -2.10. The lowest BCUT2D eigenvalue weighted by Gasteiger charge is -2.39. The van der Waals surface area contributed by atoms with Crippen molar-refractivity contribution in [1.29, 1.82) is 0 Å². The van der Waals surface area contributed by atoms with E-state index < -0.39 is 16.2 Å². The number of ether oxygens (including phenoxy) is 1. The molecule has 4 rings (SSSR count). The van der Waals surface area contributed by atoms with E-state index in [-0.39, 0.29) is 10.8 Å². The van der Waals surface area contributed by atoms with Gasteiger partial charge in [0.05, 0.1) is 18.5 Å². The maximum absolute atomic E-state index is 13.0. The molecule has 1 unspecified atom stereocenters. The van der Waals surface area contributed by atoms with E-state index in [0.717, 1.165) is 17.0 Å². The number of para-hydroxylation sites is 2. The van der Waals surface area contributed by atoms with Crippen LogP contribution in [0.15, 0.2) is 47.4 Å². The van der Waals surface area contributed by atoms with Crippen molar-refractivity contribution in [3.8, 4) is 5.75 Å². The molecule has 29 heavy (non-hydrogen) atoms. The fraction of sp³-hybridized carbons (Fsp3) is 0.350. The number of nitrogens with zero attached hydrogens (tertiary/aromatic N) is 2. The van der Waals surface area contributed by atoms with Crippen molar-refractivity contribution in [2.75, 3.05) is 43.5 Å². The number of amides is 1. The quantitative estimate of drug-likeness (QED) is 0.786. The molecule has 0 aromatic heterocycles. The third kappa shape index (κ3) is 3.75. The van der Waals surface area contributed by atoms with Gasteiger partial charge in [-0.2, -0.15) is 4.72 Å². The molecule has 0 radical (unpaired) electrons. The first-order chi connectivity index (χ1) is 13.9. The van der Waals surface area contributed by atoms with Crippen LogP contribution in [0.3, 0.4) is 0 Å². The van der Waals surface area contributed by atoms with Gasteiger partial charge < -0.3 is 19.9 Å². The molecule has 8 nitrogen and oxygen atoms in total. The van der Waals surface area contributed by atoms with Crippen molar-refractivity contribution in [2.24, 2.45) is 0 Å². The third-order valence-corrected chi connectivity index (χ3v) is 6.74. The average Bonchev–Trinajstić information content (AvgIpc) is 2.72. The number of anilines is 2. The summed E-state index contributed by atoms with van der Waals surface area (Å²) >= 11 is 0. The monoisotopic (exact) mass is 416 g/mol. The number of carbonyl (C=O) groups excluding carboxylic acids is 1. The SMILES string of the molecule is COc1ccccc1N1CCN(C(=O)C2Nc3cc(C)ccc3S(=O)(=O)N2)CC1. The predicted octanol–water partition coefficient (Wildman–Crippen LogP) is 1.38. The van der Waals surface area contributed by atoms with Gasteiger partial charge in [-0.15, -0.1) is 0 Å². The van der Waals surface area contributed by atoms with Crippen LogP contribution in [0, 0.1) is 6.92 Å². The van der Waals surface area contributed by atoms with E-state index in [0.29, 0.717) is 31.9 Å². The van der Waals surface area contributed by atoms with Gasteiger partial charge >= 0.3 is 0 Å². The number of fused-ring (bicyclic) bond motifs is 1. The lowest BCUT2D eigenvalue weighted by atomic mass is 10.2. The molecule has 1 saturated heterocycles. The maximum atomic E-state index is 13.0. The van der Waals surface area contributed by atoms with Gasteiger partial charge in [-0.3, -0.25) is 4.79 Å². The van der Waals surface area contributed by atoms with Crippen molar-refractivity contribution in [1.82, 2.24) is 9.62 Å². The zero-order valence-electron chi connectivity index (χ0n) is 16.4. The van der Waals surface area contributed by atoms with Crippen LogP contribution in [0.1, 0.15) is 5.56 Å². The zero-order valence-corrected chi connectivity index (χ0v) is 17.2. The van der Waals surface area contributed by atoms with Crippen molar-refractivity contribution in [2.45, 2.75) is 18.0 Å². The summed E-state index contributed by atoms with van der Waals surface area (Å²) in [5.41, 5.74) is 2.36. The molecule has 0 spiro atoms. The van der Waals surface area contributed by atoms with Crippen molar-refractivity contribution < 1.29 is 17.9 Å². The fourth-order valence-corrected chi connectivity index (χ4v) is 5.00. The average molecular weight is 417 g/mol. The Labute approximate surface area is 170 Å². The van der Waals surface area contributed by atoms with Crippen molar-refractivity contribution >= 4 is 27.3 Å². The van der Waals surface area contributed by atoms with Crippen LogP contribution in [-0.4, -0.2) is 58.7 Å². The van der Waals surface area contributed by atoms with Crippen molar-refractivity contribution in [3.05, 3.63) is 48.0 Å². The third-order valence-electron chi connectivity index (χ3n) is 5.26. The second kappa shape index (κ2) is 7.57. The smallest absolute Gasteiger partial charge is 0.261 e. The Morgan fingerprint density at radius 2 is 1.83 bits per heavy atom. The topological polar surface area (TPSA) is 91.0 Å². The van der Waals surface area contributed by atoms with Gasteiger partial charge in [-0.05, 0) is 36.8 Å². The normalized spacial score (nSPS) is 20.6. The summed E-state index contributed by atoms with van der Waals surface area (Å²) in [5.74, 6) is 0.515. The highest BCUT2D eigenvalue weighted by molar-refractivity contribution is 7.89. The molecule has 0 aliphatic carbocycles. The molecule has 154 valence electrons. The molecule has 1 atom stereocenters. The number of methoxy groups -OCH3 is 1.